The first-order valence-electron chi connectivity index (χ1n) is 12.5. The van der Waals surface area contributed by atoms with Crippen LogP contribution in [0.3, 0.4) is 0 Å². The normalized spacial score (nSPS) is 29.0. The molecule has 1 aliphatic heterocycles. The van der Waals surface area contributed by atoms with Crippen molar-refractivity contribution in [2.24, 2.45) is 16.7 Å². The average molecular weight is 454 g/mol. The van der Waals surface area contributed by atoms with E-state index in [2.05, 4.69) is 48.5 Å². The number of carbonyl (C=O) groups is 1. The second-order valence-electron chi connectivity index (χ2n) is 11.2. The molecule has 1 N–H and O–H groups in total. The molecule has 0 spiro atoms. The van der Waals surface area contributed by atoms with Gasteiger partial charge in [0.2, 0.25) is 0 Å². The molecule has 6 nitrogen and oxygen atoms in total. The summed E-state index contributed by atoms with van der Waals surface area (Å²) in [7, 11) is 1.71. The number of amides is 1. The molecule has 1 aromatic carbocycles. The second kappa shape index (κ2) is 8.31. The summed E-state index contributed by atoms with van der Waals surface area (Å²) in [6.45, 7) is 14.4. The van der Waals surface area contributed by atoms with Gasteiger partial charge in [-0.1, -0.05) is 32.9 Å². The van der Waals surface area contributed by atoms with Crippen molar-refractivity contribution in [2.45, 2.75) is 59.5 Å². The fourth-order valence-electron chi connectivity index (χ4n) is 7.16. The SMILES string of the molecule is COc1cccc2c(C(=O)N[C@H]3C4(C)CCC(C4)C3(C)C)c(C)n(CCN3CCOCC3)c12. The molecule has 1 aromatic heterocycles. The third-order valence-electron chi connectivity index (χ3n) is 9.04. The summed E-state index contributed by atoms with van der Waals surface area (Å²) in [4.78, 5) is 16.3. The van der Waals surface area contributed by atoms with Crippen LogP contribution in [0.4, 0.5) is 0 Å². The molecular weight excluding hydrogens is 414 g/mol. The van der Waals surface area contributed by atoms with E-state index >= 15 is 0 Å². The molecule has 0 radical (unpaired) electrons. The summed E-state index contributed by atoms with van der Waals surface area (Å²) in [5, 5.41) is 4.51. The number of aromatic nitrogens is 1. The average Bonchev–Trinajstić information content (AvgIpc) is 3.39. The van der Waals surface area contributed by atoms with Crippen LogP contribution in [0.2, 0.25) is 0 Å². The Bertz CT molecular complexity index is 1050. The minimum atomic E-state index is 0.0581. The number of hydrogen-bond acceptors (Lipinski definition) is 4. The largest absolute Gasteiger partial charge is 0.495 e. The maximum absolute atomic E-state index is 13.9. The second-order valence-corrected chi connectivity index (χ2v) is 11.2. The van der Waals surface area contributed by atoms with E-state index < -0.39 is 0 Å². The van der Waals surface area contributed by atoms with Gasteiger partial charge in [0, 0.05) is 43.3 Å². The summed E-state index contributed by atoms with van der Waals surface area (Å²) in [6, 6.07) is 6.26. The van der Waals surface area contributed by atoms with Crippen molar-refractivity contribution in [2.75, 3.05) is 40.0 Å². The highest BCUT2D eigenvalue weighted by molar-refractivity contribution is 6.09. The van der Waals surface area contributed by atoms with E-state index in [1.54, 1.807) is 7.11 Å². The van der Waals surface area contributed by atoms with Gasteiger partial charge >= 0.3 is 0 Å². The zero-order valence-electron chi connectivity index (χ0n) is 20.9. The minimum absolute atomic E-state index is 0.0581. The smallest absolute Gasteiger partial charge is 0.253 e. The summed E-state index contributed by atoms with van der Waals surface area (Å²) < 4.78 is 13.5. The molecule has 2 saturated carbocycles. The monoisotopic (exact) mass is 453 g/mol. The van der Waals surface area contributed by atoms with Gasteiger partial charge in [0.15, 0.2) is 0 Å². The summed E-state index contributed by atoms with van der Waals surface area (Å²) in [5.74, 6) is 1.58. The third kappa shape index (κ3) is 3.66. The molecule has 3 aliphatic rings. The van der Waals surface area contributed by atoms with Gasteiger partial charge in [0.25, 0.3) is 5.91 Å². The summed E-state index contributed by atoms with van der Waals surface area (Å²) >= 11 is 0. The zero-order chi connectivity index (χ0) is 23.4. The lowest BCUT2D eigenvalue weighted by Gasteiger charge is -2.43. The van der Waals surface area contributed by atoms with Gasteiger partial charge in [-0.3, -0.25) is 9.69 Å². The summed E-state index contributed by atoms with van der Waals surface area (Å²) in [5.41, 5.74) is 3.17. The molecule has 5 rings (SSSR count). The Labute approximate surface area is 197 Å². The van der Waals surface area contributed by atoms with Crippen molar-refractivity contribution in [1.82, 2.24) is 14.8 Å². The highest BCUT2D eigenvalue weighted by Crippen LogP contribution is 2.62. The first-order chi connectivity index (χ1) is 15.8. The van der Waals surface area contributed by atoms with Crippen molar-refractivity contribution in [1.29, 1.82) is 0 Å². The molecule has 180 valence electrons. The highest BCUT2D eigenvalue weighted by atomic mass is 16.5. The van der Waals surface area contributed by atoms with Crippen LogP contribution < -0.4 is 10.1 Å². The molecule has 1 amide bonds. The summed E-state index contributed by atoms with van der Waals surface area (Å²) in [6.07, 6.45) is 3.71. The standard InChI is InChI=1S/C27H39N3O3/c1-18-22(24(31)28-25-26(2,3)19-9-10-27(25,4)17-19)20-7-6-8-21(32-5)23(20)30(18)12-11-29-13-15-33-16-14-29/h6-8,19,25H,9-17H2,1-5H3,(H,28,31)/t19?,25-,27?/m1/s1. The minimum Gasteiger partial charge on any atom is -0.495 e. The van der Waals surface area contributed by atoms with E-state index in [1.807, 2.05) is 12.1 Å². The fraction of sp³-hybridized carbons (Fsp3) is 0.667. The molecule has 2 aromatic rings. The van der Waals surface area contributed by atoms with Crippen molar-refractivity contribution in [3.8, 4) is 5.75 Å². The van der Waals surface area contributed by atoms with Gasteiger partial charge in [0.1, 0.15) is 5.75 Å². The predicted octanol–water partition coefficient (Wildman–Crippen LogP) is 4.24. The third-order valence-corrected chi connectivity index (χ3v) is 9.04. The lowest BCUT2D eigenvalue weighted by Crippen LogP contribution is -2.52. The molecular formula is C27H39N3O3. The quantitative estimate of drug-likeness (QED) is 0.711. The van der Waals surface area contributed by atoms with E-state index in [1.165, 1.54) is 19.3 Å². The molecule has 6 heteroatoms. The molecule has 3 fully saturated rings. The maximum atomic E-state index is 13.9. The van der Waals surface area contributed by atoms with Gasteiger partial charge in [-0.15, -0.1) is 0 Å². The van der Waals surface area contributed by atoms with Crippen LogP contribution in [0.1, 0.15) is 56.1 Å². The van der Waals surface area contributed by atoms with Crippen LogP contribution in [0.25, 0.3) is 10.9 Å². The number of nitrogens with zero attached hydrogens (tertiary/aromatic N) is 2. The number of morpholine rings is 1. The van der Waals surface area contributed by atoms with Crippen molar-refractivity contribution < 1.29 is 14.3 Å². The lowest BCUT2D eigenvalue weighted by molar-refractivity contribution is 0.0365. The van der Waals surface area contributed by atoms with Gasteiger partial charge < -0.3 is 19.4 Å². The Morgan fingerprint density at radius 2 is 1.97 bits per heavy atom. The number of nitrogens with one attached hydrogen (secondary N) is 1. The van der Waals surface area contributed by atoms with Gasteiger partial charge in [-0.2, -0.15) is 0 Å². The number of carbonyl (C=O) groups excluding carboxylic acids is 1. The van der Waals surface area contributed by atoms with E-state index in [9.17, 15) is 4.79 Å². The van der Waals surface area contributed by atoms with Crippen LogP contribution in [-0.2, 0) is 11.3 Å². The van der Waals surface area contributed by atoms with Crippen LogP contribution >= 0.6 is 0 Å². The Morgan fingerprint density at radius 1 is 1.21 bits per heavy atom. The van der Waals surface area contributed by atoms with E-state index in [4.69, 9.17) is 9.47 Å². The molecule has 33 heavy (non-hydrogen) atoms. The topological polar surface area (TPSA) is 55.7 Å². The zero-order valence-corrected chi connectivity index (χ0v) is 20.9. The Morgan fingerprint density at radius 3 is 2.64 bits per heavy atom. The van der Waals surface area contributed by atoms with Crippen LogP contribution in [0, 0.1) is 23.7 Å². The Balaban J connectivity index is 1.49. The van der Waals surface area contributed by atoms with Gasteiger partial charge in [-0.25, -0.2) is 0 Å². The number of hydrogen-bond donors (Lipinski definition) is 1. The first kappa shape index (κ1) is 22.7. The molecule has 3 atom stereocenters. The number of fused-ring (bicyclic) bond motifs is 3. The molecule has 2 aliphatic carbocycles. The molecule has 2 heterocycles. The van der Waals surface area contributed by atoms with Crippen LogP contribution in [-0.4, -0.2) is 61.4 Å². The highest BCUT2D eigenvalue weighted by Gasteiger charge is 2.59. The van der Waals surface area contributed by atoms with Crippen molar-refractivity contribution in [3.63, 3.8) is 0 Å². The molecule has 1 saturated heterocycles. The van der Waals surface area contributed by atoms with Gasteiger partial charge in [-0.05, 0) is 49.0 Å². The fourth-order valence-corrected chi connectivity index (χ4v) is 7.16. The number of rotatable bonds is 6. The van der Waals surface area contributed by atoms with E-state index in [-0.39, 0.29) is 22.8 Å². The molecule has 2 bridgehead atoms. The van der Waals surface area contributed by atoms with E-state index in [0.29, 0.717) is 5.92 Å². The van der Waals surface area contributed by atoms with Crippen molar-refractivity contribution >= 4 is 16.8 Å². The van der Waals surface area contributed by atoms with Crippen LogP contribution in [0.15, 0.2) is 18.2 Å². The van der Waals surface area contributed by atoms with E-state index in [0.717, 1.165) is 67.3 Å². The number of methoxy groups -OCH3 is 1. The number of benzene rings is 1. The maximum Gasteiger partial charge on any atom is 0.253 e. The lowest BCUT2D eigenvalue weighted by atomic mass is 9.68. The Hall–Kier alpha value is -2.05. The first-order valence-corrected chi connectivity index (χ1v) is 12.5. The predicted molar refractivity (Wildman–Crippen MR) is 131 cm³/mol. The van der Waals surface area contributed by atoms with Gasteiger partial charge in [0.05, 0.1) is 31.4 Å². The number of ether oxygens (including phenoxy) is 2. The number of para-hydroxylation sites is 1. The Kier molecular flexibility index (Phi) is 5.73. The molecule has 2 unspecified atom stereocenters. The van der Waals surface area contributed by atoms with Crippen LogP contribution in [0.5, 0.6) is 5.75 Å². The van der Waals surface area contributed by atoms with Crippen molar-refractivity contribution in [3.05, 3.63) is 29.5 Å².